The van der Waals surface area contributed by atoms with Gasteiger partial charge in [0.05, 0.1) is 16.3 Å². The molecule has 162 valence electrons. The Morgan fingerprint density at radius 2 is 1.81 bits per heavy atom. The quantitative estimate of drug-likeness (QED) is 0.501. The summed E-state index contributed by atoms with van der Waals surface area (Å²) in [7, 11) is -4.28. The largest absolute Gasteiger partial charge is 0.326 e. The molecule has 0 aliphatic carbocycles. The van der Waals surface area contributed by atoms with Gasteiger partial charge in [0.25, 0.3) is 15.9 Å². The Hall–Kier alpha value is -3.01. The summed E-state index contributed by atoms with van der Waals surface area (Å²) >= 11 is 5.91. The number of nitrogens with two attached hydrogens (primary N) is 1. The van der Waals surface area contributed by atoms with Crippen molar-refractivity contribution in [1.29, 1.82) is 0 Å². The van der Waals surface area contributed by atoms with Crippen molar-refractivity contribution in [2.24, 2.45) is 5.73 Å². The maximum Gasteiger partial charge on any atom is 0.264 e. The first kappa shape index (κ1) is 22.7. The van der Waals surface area contributed by atoms with E-state index in [1.54, 1.807) is 6.92 Å². The molecule has 0 radical (unpaired) electrons. The predicted molar refractivity (Wildman–Crippen MR) is 116 cm³/mol. The number of carbonyl (C=O) groups excluding carboxylic acids is 1. The number of hydrogen-bond donors (Lipinski definition) is 3. The molecule has 3 aromatic rings. The van der Waals surface area contributed by atoms with Crippen LogP contribution in [0.1, 0.15) is 21.5 Å². The molecule has 10 heteroatoms. The van der Waals surface area contributed by atoms with Crippen LogP contribution in [-0.4, -0.2) is 14.3 Å². The highest BCUT2D eigenvalue weighted by Crippen LogP contribution is 2.27. The molecule has 0 heterocycles. The number of benzene rings is 3. The number of amides is 1. The van der Waals surface area contributed by atoms with Crippen molar-refractivity contribution < 1.29 is 22.0 Å². The molecular formula is C21H18ClF2N3O3S. The van der Waals surface area contributed by atoms with Gasteiger partial charge >= 0.3 is 0 Å². The maximum absolute atomic E-state index is 14.2. The van der Waals surface area contributed by atoms with E-state index in [9.17, 15) is 22.0 Å². The Morgan fingerprint density at radius 3 is 2.45 bits per heavy atom. The molecule has 0 atom stereocenters. The molecule has 0 aliphatic rings. The lowest BCUT2D eigenvalue weighted by Gasteiger charge is -2.15. The first-order valence-electron chi connectivity index (χ1n) is 8.99. The summed E-state index contributed by atoms with van der Waals surface area (Å²) in [6, 6.07) is 11.8. The molecule has 0 aliphatic heterocycles. The van der Waals surface area contributed by atoms with Crippen LogP contribution in [0, 0.1) is 18.6 Å². The summed E-state index contributed by atoms with van der Waals surface area (Å²) < 4.78 is 55.9. The van der Waals surface area contributed by atoms with E-state index in [0.717, 1.165) is 18.2 Å². The van der Waals surface area contributed by atoms with Crippen molar-refractivity contribution in [1.82, 2.24) is 0 Å². The topological polar surface area (TPSA) is 101 Å². The lowest BCUT2D eigenvalue weighted by atomic mass is 10.1. The average Bonchev–Trinajstić information content (AvgIpc) is 2.67. The monoisotopic (exact) mass is 465 g/mol. The van der Waals surface area contributed by atoms with Crippen molar-refractivity contribution >= 4 is 38.9 Å². The minimum absolute atomic E-state index is 0.0262. The van der Waals surface area contributed by atoms with Crippen LogP contribution in [-0.2, 0) is 16.6 Å². The van der Waals surface area contributed by atoms with E-state index < -0.39 is 32.5 Å². The Balaban J connectivity index is 1.93. The molecule has 3 rings (SSSR count). The van der Waals surface area contributed by atoms with Crippen LogP contribution in [0.5, 0.6) is 0 Å². The van der Waals surface area contributed by atoms with Gasteiger partial charge in [-0.2, -0.15) is 0 Å². The summed E-state index contributed by atoms with van der Waals surface area (Å²) in [6.07, 6.45) is 0. The molecule has 0 saturated heterocycles. The van der Waals surface area contributed by atoms with Crippen molar-refractivity contribution in [3.63, 3.8) is 0 Å². The first-order chi connectivity index (χ1) is 14.6. The van der Waals surface area contributed by atoms with E-state index >= 15 is 0 Å². The van der Waals surface area contributed by atoms with E-state index in [1.165, 1.54) is 36.4 Å². The van der Waals surface area contributed by atoms with Crippen molar-refractivity contribution in [2.75, 3.05) is 10.0 Å². The Bertz CT molecular complexity index is 1250. The van der Waals surface area contributed by atoms with Crippen LogP contribution in [0.25, 0.3) is 0 Å². The van der Waals surface area contributed by atoms with Gasteiger partial charge in [-0.05, 0) is 54.4 Å². The van der Waals surface area contributed by atoms with Gasteiger partial charge in [-0.1, -0.05) is 29.8 Å². The van der Waals surface area contributed by atoms with E-state index in [0.29, 0.717) is 11.1 Å². The zero-order valence-electron chi connectivity index (χ0n) is 16.2. The fourth-order valence-corrected chi connectivity index (χ4v) is 4.26. The highest BCUT2D eigenvalue weighted by Gasteiger charge is 2.21. The van der Waals surface area contributed by atoms with E-state index in [4.69, 9.17) is 17.3 Å². The fraction of sp³-hybridized carbons (Fsp3) is 0.0952. The standard InChI is InChI=1S/C21H18ClF2N3O3S/c1-12-5-8-19(17(24)9-12)31(29,30)27-18-10-14(7-6-13(18)11-25)26-21(28)20-15(22)3-2-4-16(20)23/h2-10,27H,11,25H2,1H3,(H,26,28). The highest BCUT2D eigenvalue weighted by molar-refractivity contribution is 7.92. The van der Waals surface area contributed by atoms with E-state index in [1.807, 2.05) is 0 Å². The molecular weight excluding hydrogens is 448 g/mol. The van der Waals surface area contributed by atoms with Crippen LogP contribution in [0.15, 0.2) is 59.5 Å². The van der Waals surface area contributed by atoms with Gasteiger partial charge in [0.15, 0.2) is 0 Å². The Morgan fingerprint density at radius 1 is 1.06 bits per heavy atom. The second-order valence-corrected chi connectivity index (χ2v) is 8.72. The van der Waals surface area contributed by atoms with Gasteiger partial charge in [0.1, 0.15) is 16.5 Å². The normalized spacial score (nSPS) is 11.3. The molecule has 0 unspecified atom stereocenters. The lowest BCUT2D eigenvalue weighted by Crippen LogP contribution is -2.18. The molecule has 0 spiro atoms. The number of hydrogen-bond acceptors (Lipinski definition) is 4. The third-order valence-corrected chi connectivity index (χ3v) is 6.11. The van der Waals surface area contributed by atoms with Crippen LogP contribution < -0.4 is 15.8 Å². The molecule has 0 aromatic heterocycles. The molecule has 1 amide bonds. The molecule has 4 N–H and O–H groups in total. The number of halogens is 3. The summed E-state index contributed by atoms with van der Waals surface area (Å²) in [5, 5.41) is 2.39. The first-order valence-corrected chi connectivity index (χ1v) is 10.9. The number of sulfonamides is 1. The molecule has 6 nitrogen and oxygen atoms in total. The van der Waals surface area contributed by atoms with Gasteiger partial charge in [-0.25, -0.2) is 17.2 Å². The van der Waals surface area contributed by atoms with Gasteiger partial charge < -0.3 is 11.1 Å². The van der Waals surface area contributed by atoms with Crippen molar-refractivity contribution in [2.45, 2.75) is 18.4 Å². The van der Waals surface area contributed by atoms with Crippen LogP contribution >= 0.6 is 11.6 Å². The number of rotatable bonds is 6. The number of nitrogens with one attached hydrogen (secondary N) is 2. The van der Waals surface area contributed by atoms with Gasteiger partial charge in [-0.15, -0.1) is 0 Å². The van der Waals surface area contributed by atoms with Crippen LogP contribution in [0.2, 0.25) is 5.02 Å². The number of anilines is 2. The highest BCUT2D eigenvalue weighted by atomic mass is 35.5. The summed E-state index contributed by atoms with van der Waals surface area (Å²) in [6.45, 7) is 1.61. The summed E-state index contributed by atoms with van der Waals surface area (Å²) in [4.78, 5) is 11.9. The molecule has 0 saturated carbocycles. The SMILES string of the molecule is Cc1ccc(S(=O)(=O)Nc2cc(NC(=O)c3c(F)cccc3Cl)ccc2CN)c(F)c1. The molecule has 3 aromatic carbocycles. The Kier molecular flexibility index (Phi) is 6.59. The van der Waals surface area contributed by atoms with Crippen LogP contribution in [0.4, 0.5) is 20.2 Å². The Labute approximate surface area is 183 Å². The van der Waals surface area contributed by atoms with Crippen molar-refractivity contribution in [3.8, 4) is 0 Å². The molecule has 31 heavy (non-hydrogen) atoms. The smallest absolute Gasteiger partial charge is 0.264 e. The van der Waals surface area contributed by atoms with Gasteiger partial charge in [0.2, 0.25) is 0 Å². The average molecular weight is 466 g/mol. The van der Waals surface area contributed by atoms with Crippen LogP contribution in [0.3, 0.4) is 0 Å². The zero-order valence-corrected chi connectivity index (χ0v) is 17.8. The number of aryl methyl sites for hydroxylation is 1. The zero-order chi connectivity index (χ0) is 22.8. The maximum atomic E-state index is 14.2. The minimum Gasteiger partial charge on any atom is -0.326 e. The fourth-order valence-electron chi connectivity index (χ4n) is 2.86. The lowest BCUT2D eigenvalue weighted by molar-refractivity contribution is 0.102. The minimum atomic E-state index is -4.28. The van der Waals surface area contributed by atoms with Gasteiger partial charge in [-0.3, -0.25) is 9.52 Å². The third kappa shape index (κ3) is 5.01. The molecule has 0 bridgehead atoms. The summed E-state index contributed by atoms with van der Waals surface area (Å²) in [5.41, 5.74) is 6.49. The molecule has 0 fully saturated rings. The number of carbonyl (C=O) groups is 1. The second kappa shape index (κ2) is 9.01. The predicted octanol–water partition coefficient (Wildman–Crippen LogP) is 4.44. The van der Waals surface area contributed by atoms with Gasteiger partial charge in [0, 0.05) is 12.2 Å². The van der Waals surface area contributed by atoms with E-state index in [-0.39, 0.29) is 28.5 Å². The third-order valence-electron chi connectivity index (χ3n) is 4.40. The second-order valence-electron chi connectivity index (χ2n) is 6.67. The van der Waals surface area contributed by atoms with E-state index in [2.05, 4.69) is 10.0 Å². The van der Waals surface area contributed by atoms with Crippen molar-refractivity contribution in [3.05, 3.63) is 87.9 Å². The summed E-state index contributed by atoms with van der Waals surface area (Å²) in [5.74, 6) is -2.53.